The van der Waals surface area contributed by atoms with Crippen LogP contribution in [0.5, 0.6) is 5.75 Å². The summed E-state index contributed by atoms with van der Waals surface area (Å²) < 4.78 is 5.62. The van der Waals surface area contributed by atoms with Crippen molar-refractivity contribution >= 4 is 0 Å². The number of benzene rings is 2. The van der Waals surface area contributed by atoms with E-state index in [2.05, 4.69) is 47.1 Å². The topological polar surface area (TPSA) is 59.7 Å². The van der Waals surface area contributed by atoms with Crippen molar-refractivity contribution in [2.45, 2.75) is 19.6 Å². The lowest BCUT2D eigenvalue weighted by Gasteiger charge is -2.35. The molecule has 0 aromatic heterocycles. The Morgan fingerprint density at radius 3 is 2.44 bits per heavy atom. The van der Waals surface area contributed by atoms with Crippen molar-refractivity contribution in [1.82, 2.24) is 9.80 Å². The van der Waals surface area contributed by atoms with E-state index >= 15 is 0 Å². The molecule has 1 atom stereocenters. The van der Waals surface area contributed by atoms with Crippen LogP contribution in [0.2, 0.25) is 0 Å². The molecule has 142 valence electrons. The van der Waals surface area contributed by atoms with Crippen LogP contribution in [0.1, 0.15) is 16.7 Å². The summed E-state index contributed by atoms with van der Waals surface area (Å²) in [7, 11) is 0. The van der Waals surface area contributed by atoms with Gasteiger partial charge in [-0.2, -0.15) is 5.26 Å². The highest BCUT2D eigenvalue weighted by Gasteiger charge is 2.19. The molecule has 1 N–H and O–H groups in total. The highest BCUT2D eigenvalue weighted by molar-refractivity contribution is 5.34. The van der Waals surface area contributed by atoms with Crippen molar-refractivity contribution in [2.24, 2.45) is 0 Å². The van der Waals surface area contributed by atoms with Gasteiger partial charge >= 0.3 is 0 Å². The molecule has 0 spiro atoms. The summed E-state index contributed by atoms with van der Waals surface area (Å²) in [6.45, 7) is 7.93. The molecule has 1 heterocycles. The lowest BCUT2D eigenvalue weighted by Crippen LogP contribution is -2.48. The summed E-state index contributed by atoms with van der Waals surface area (Å²) in [5.41, 5.74) is 3.27. The molecule has 0 aliphatic carbocycles. The molecular formula is C22H27N3O2. The minimum Gasteiger partial charge on any atom is -0.491 e. The van der Waals surface area contributed by atoms with Crippen LogP contribution >= 0.6 is 0 Å². The second kappa shape index (κ2) is 9.52. The van der Waals surface area contributed by atoms with E-state index in [1.165, 1.54) is 11.1 Å². The highest BCUT2D eigenvalue weighted by Crippen LogP contribution is 2.13. The number of β-amino-alcohol motifs (C(OH)–C–C–N with tert-alkyl or cyclic N) is 1. The smallest absolute Gasteiger partial charge is 0.119 e. The van der Waals surface area contributed by atoms with Gasteiger partial charge in [0.1, 0.15) is 18.5 Å². The van der Waals surface area contributed by atoms with Crippen molar-refractivity contribution in [3.05, 3.63) is 65.2 Å². The number of aryl methyl sites for hydroxylation is 1. The average molecular weight is 365 g/mol. The van der Waals surface area contributed by atoms with Crippen molar-refractivity contribution in [2.75, 3.05) is 39.3 Å². The van der Waals surface area contributed by atoms with Crippen LogP contribution in [0.3, 0.4) is 0 Å². The molecule has 5 nitrogen and oxygen atoms in total. The van der Waals surface area contributed by atoms with Crippen LogP contribution in [0.25, 0.3) is 0 Å². The SMILES string of the molecule is Cc1cccc(CN2CCN(C[C@H](O)COc3ccc(C#N)cc3)CC2)c1. The van der Waals surface area contributed by atoms with Gasteiger partial charge in [-0.15, -0.1) is 0 Å². The molecular weight excluding hydrogens is 338 g/mol. The number of aliphatic hydroxyl groups is 1. The summed E-state index contributed by atoms with van der Waals surface area (Å²) in [5.74, 6) is 0.677. The van der Waals surface area contributed by atoms with Crippen LogP contribution in [0, 0.1) is 18.3 Å². The van der Waals surface area contributed by atoms with Crippen LogP contribution in [-0.4, -0.2) is 60.3 Å². The number of nitriles is 1. The molecule has 3 rings (SSSR count). The Morgan fingerprint density at radius 1 is 1.07 bits per heavy atom. The van der Waals surface area contributed by atoms with E-state index in [1.54, 1.807) is 24.3 Å². The predicted molar refractivity (Wildman–Crippen MR) is 106 cm³/mol. The summed E-state index contributed by atoms with van der Waals surface area (Å²) in [5, 5.41) is 19.1. The van der Waals surface area contributed by atoms with E-state index < -0.39 is 6.10 Å². The monoisotopic (exact) mass is 365 g/mol. The van der Waals surface area contributed by atoms with Gasteiger partial charge < -0.3 is 9.84 Å². The third kappa shape index (κ3) is 6.07. The Morgan fingerprint density at radius 2 is 1.78 bits per heavy atom. The molecule has 5 heteroatoms. The molecule has 2 aromatic carbocycles. The fourth-order valence-electron chi connectivity index (χ4n) is 3.37. The van der Waals surface area contributed by atoms with Crippen molar-refractivity contribution in [1.29, 1.82) is 5.26 Å². The zero-order valence-electron chi connectivity index (χ0n) is 15.8. The molecule has 0 bridgehead atoms. The highest BCUT2D eigenvalue weighted by atomic mass is 16.5. The zero-order chi connectivity index (χ0) is 19.1. The molecule has 0 radical (unpaired) electrons. The third-order valence-corrected chi connectivity index (χ3v) is 4.85. The fourth-order valence-corrected chi connectivity index (χ4v) is 3.37. The van der Waals surface area contributed by atoms with E-state index in [0.29, 0.717) is 17.9 Å². The normalized spacial score (nSPS) is 16.6. The summed E-state index contributed by atoms with van der Waals surface area (Å²) >= 11 is 0. The van der Waals surface area contributed by atoms with E-state index in [4.69, 9.17) is 10.00 Å². The van der Waals surface area contributed by atoms with Crippen LogP contribution < -0.4 is 4.74 Å². The minimum atomic E-state index is -0.524. The lowest BCUT2D eigenvalue weighted by atomic mass is 10.1. The minimum absolute atomic E-state index is 0.259. The molecule has 0 unspecified atom stereocenters. The molecule has 1 saturated heterocycles. The van der Waals surface area contributed by atoms with Crippen molar-refractivity contribution in [3.63, 3.8) is 0 Å². The maximum absolute atomic E-state index is 10.3. The largest absolute Gasteiger partial charge is 0.491 e. The molecule has 0 amide bonds. The van der Waals surface area contributed by atoms with Gasteiger partial charge in [0.2, 0.25) is 0 Å². The zero-order valence-corrected chi connectivity index (χ0v) is 15.8. The first-order valence-corrected chi connectivity index (χ1v) is 9.43. The molecule has 0 saturated carbocycles. The van der Waals surface area contributed by atoms with Crippen molar-refractivity contribution in [3.8, 4) is 11.8 Å². The molecule has 2 aromatic rings. The maximum atomic E-state index is 10.3. The first-order valence-electron chi connectivity index (χ1n) is 9.43. The number of hydrogen-bond donors (Lipinski definition) is 1. The lowest BCUT2D eigenvalue weighted by molar-refractivity contribution is 0.0446. The number of nitrogens with zero attached hydrogens (tertiary/aromatic N) is 3. The second-order valence-corrected chi connectivity index (χ2v) is 7.17. The molecule has 27 heavy (non-hydrogen) atoms. The number of rotatable bonds is 7. The Balaban J connectivity index is 1.37. The Bertz CT molecular complexity index is 762. The summed E-state index contributed by atoms with van der Waals surface area (Å²) in [6, 6.07) is 17.7. The van der Waals surface area contributed by atoms with Crippen LogP contribution in [-0.2, 0) is 6.54 Å². The number of ether oxygens (including phenoxy) is 1. The molecule has 1 aliphatic heterocycles. The first-order chi connectivity index (χ1) is 13.1. The number of aliphatic hydroxyl groups excluding tert-OH is 1. The predicted octanol–water partition coefficient (Wildman–Crippen LogP) is 2.42. The van der Waals surface area contributed by atoms with Crippen LogP contribution in [0.15, 0.2) is 48.5 Å². The van der Waals surface area contributed by atoms with Gasteiger partial charge in [-0.1, -0.05) is 29.8 Å². The quantitative estimate of drug-likeness (QED) is 0.817. The van der Waals surface area contributed by atoms with Gasteiger partial charge in [0.05, 0.1) is 11.6 Å². The summed E-state index contributed by atoms with van der Waals surface area (Å²) in [4.78, 5) is 4.75. The van der Waals surface area contributed by atoms with Gasteiger partial charge in [0, 0.05) is 39.3 Å². The van der Waals surface area contributed by atoms with Gasteiger partial charge in [-0.25, -0.2) is 0 Å². The van der Waals surface area contributed by atoms with E-state index in [9.17, 15) is 5.11 Å². The Hall–Kier alpha value is -2.39. The average Bonchev–Trinajstić information content (AvgIpc) is 2.68. The fraction of sp³-hybridized carbons (Fsp3) is 0.409. The van der Waals surface area contributed by atoms with Gasteiger partial charge in [-0.3, -0.25) is 9.80 Å². The van der Waals surface area contributed by atoms with E-state index in [1.807, 2.05) is 0 Å². The van der Waals surface area contributed by atoms with Gasteiger partial charge in [0.15, 0.2) is 0 Å². The summed E-state index contributed by atoms with van der Waals surface area (Å²) in [6.07, 6.45) is -0.524. The van der Waals surface area contributed by atoms with Crippen molar-refractivity contribution < 1.29 is 9.84 Å². The van der Waals surface area contributed by atoms with E-state index in [0.717, 1.165) is 32.7 Å². The maximum Gasteiger partial charge on any atom is 0.119 e. The second-order valence-electron chi connectivity index (χ2n) is 7.17. The molecule has 1 aliphatic rings. The third-order valence-electron chi connectivity index (χ3n) is 4.85. The first kappa shape index (κ1) is 19.4. The molecule has 1 fully saturated rings. The number of piperazine rings is 1. The van der Waals surface area contributed by atoms with Crippen LogP contribution in [0.4, 0.5) is 0 Å². The standard InChI is InChI=1S/C22H27N3O2/c1-18-3-2-4-20(13-18)15-24-9-11-25(12-10-24)16-21(26)17-27-22-7-5-19(14-23)6-8-22/h2-8,13,21,26H,9-12,15-17H2,1H3/t21-/m0/s1. The van der Waals surface area contributed by atoms with E-state index in [-0.39, 0.29) is 6.61 Å². The van der Waals surface area contributed by atoms with Gasteiger partial charge in [0.25, 0.3) is 0 Å². The Labute approximate surface area is 161 Å². The van der Waals surface area contributed by atoms with Gasteiger partial charge in [-0.05, 0) is 36.8 Å². The number of hydrogen-bond acceptors (Lipinski definition) is 5. The Kier molecular flexibility index (Phi) is 6.83.